The van der Waals surface area contributed by atoms with Gasteiger partial charge in [-0.05, 0) is 37.0 Å². The Bertz CT molecular complexity index is 746. The zero-order chi connectivity index (χ0) is 18.0. The molecule has 1 aromatic carbocycles. The van der Waals surface area contributed by atoms with E-state index in [4.69, 9.17) is 9.47 Å². The van der Waals surface area contributed by atoms with Crippen LogP contribution in [0.3, 0.4) is 0 Å². The molecule has 0 saturated carbocycles. The average molecular weight is 367 g/mol. The molecule has 2 unspecified atom stereocenters. The Morgan fingerprint density at radius 2 is 2.00 bits per heavy atom. The molecule has 2 aliphatic rings. The highest BCUT2D eigenvalue weighted by Gasteiger charge is 2.34. The molecule has 0 radical (unpaired) electrons. The first-order chi connectivity index (χ1) is 11.9. The summed E-state index contributed by atoms with van der Waals surface area (Å²) in [4.78, 5) is 14.4. The Labute approximate surface area is 149 Å². The summed E-state index contributed by atoms with van der Waals surface area (Å²) in [6, 6.07) is 5.59. The Hall–Kier alpha value is -1.76. The fourth-order valence-electron chi connectivity index (χ4n) is 3.52. The van der Waals surface area contributed by atoms with Gasteiger partial charge in [0, 0.05) is 19.0 Å². The molecule has 1 aromatic rings. The normalized spacial score (nSPS) is 22.4. The first-order valence-corrected chi connectivity index (χ1v) is 10.6. The van der Waals surface area contributed by atoms with E-state index in [-0.39, 0.29) is 29.4 Å². The smallest absolute Gasteiger partial charge is 0.223 e. The summed E-state index contributed by atoms with van der Waals surface area (Å²) in [6.07, 6.45) is 0.893. The van der Waals surface area contributed by atoms with E-state index in [2.05, 4.69) is 0 Å². The second-order valence-electron chi connectivity index (χ2n) is 6.74. The Kier molecular flexibility index (Phi) is 5.22. The molecule has 0 bridgehead atoms. The monoisotopic (exact) mass is 367 g/mol. The lowest BCUT2D eigenvalue weighted by atomic mass is 9.96. The Morgan fingerprint density at radius 1 is 1.28 bits per heavy atom. The third kappa shape index (κ3) is 4.08. The molecule has 138 valence electrons. The van der Waals surface area contributed by atoms with Gasteiger partial charge < -0.3 is 14.4 Å². The van der Waals surface area contributed by atoms with Crippen molar-refractivity contribution in [3.63, 3.8) is 0 Å². The first-order valence-electron chi connectivity index (χ1n) is 8.79. The third-order valence-corrected chi connectivity index (χ3v) is 6.68. The summed E-state index contributed by atoms with van der Waals surface area (Å²) >= 11 is 0. The fraction of sp³-hybridized carbons (Fsp3) is 0.611. The van der Waals surface area contributed by atoms with Crippen molar-refractivity contribution < 1.29 is 22.7 Å². The Morgan fingerprint density at radius 3 is 2.64 bits per heavy atom. The van der Waals surface area contributed by atoms with Gasteiger partial charge in [0.25, 0.3) is 0 Å². The lowest BCUT2D eigenvalue weighted by Crippen LogP contribution is -2.41. The molecule has 1 fully saturated rings. The largest absolute Gasteiger partial charge is 0.486 e. The quantitative estimate of drug-likeness (QED) is 0.796. The Balaban J connectivity index is 1.67. The van der Waals surface area contributed by atoms with E-state index in [1.54, 1.807) is 4.90 Å². The molecule has 25 heavy (non-hydrogen) atoms. The van der Waals surface area contributed by atoms with Crippen molar-refractivity contribution in [1.82, 2.24) is 4.90 Å². The van der Waals surface area contributed by atoms with Crippen LogP contribution in [0.2, 0.25) is 0 Å². The minimum absolute atomic E-state index is 0.00647. The average Bonchev–Trinajstić information content (AvgIpc) is 2.94. The van der Waals surface area contributed by atoms with Crippen LogP contribution in [0.5, 0.6) is 11.5 Å². The van der Waals surface area contributed by atoms with Gasteiger partial charge in [-0.15, -0.1) is 0 Å². The molecule has 6 nitrogen and oxygen atoms in total. The number of fused-ring (bicyclic) bond motifs is 1. The molecule has 0 aromatic heterocycles. The van der Waals surface area contributed by atoms with Crippen molar-refractivity contribution in [3.05, 3.63) is 23.8 Å². The highest BCUT2D eigenvalue weighted by atomic mass is 32.2. The maximum atomic E-state index is 12.7. The van der Waals surface area contributed by atoms with Crippen LogP contribution in [0.15, 0.2) is 18.2 Å². The third-order valence-electron chi connectivity index (χ3n) is 4.93. The van der Waals surface area contributed by atoms with Crippen LogP contribution in [-0.2, 0) is 14.6 Å². The number of rotatable bonds is 5. The molecule has 1 saturated heterocycles. The van der Waals surface area contributed by atoms with E-state index in [9.17, 15) is 13.2 Å². The van der Waals surface area contributed by atoms with Gasteiger partial charge in [-0.1, -0.05) is 13.0 Å². The topological polar surface area (TPSA) is 72.9 Å². The van der Waals surface area contributed by atoms with Gasteiger partial charge in [0.2, 0.25) is 5.91 Å². The molecular formula is C18H25NO5S. The van der Waals surface area contributed by atoms with Gasteiger partial charge in [-0.3, -0.25) is 4.79 Å². The minimum atomic E-state index is -3.00. The molecule has 2 aliphatic heterocycles. The minimum Gasteiger partial charge on any atom is -0.486 e. The van der Waals surface area contributed by atoms with Crippen LogP contribution < -0.4 is 9.47 Å². The maximum Gasteiger partial charge on any atom is 0.223 e. The van der Waals surface area contributed by atoms with E-state index in [0.717, 1.165) is 17.1 Å². The van der Waals surface area contributed by atoms with Crippen LogP contribution >= 0.6 is 0 Å². The number of sulfone groups is 1. The van der Waals surface area contributed by atoms with Crippen molar-refractivity contribution >= 4 is 15.7 Å². The standard InChI is InChI=1S/C18H25NO5S/c1-3-19(15-6-9-25(21,22)12-15)18(20)10-13(2)14-4-5-16-17(11-14)24-8-7-23-16/h4-5,11,13,15H,3,6-10,12H2,1-2H3. The van der Waals surface area contributed by atoms with Gasteiger partial charge in [0.15, 0.2) is 21.3 Å². The molecule has 3 rings (SSSR count). The highest BCUT2D eigenvalue weighted by Crippen LogP contribution is 2.34. The van der Waals surface area contributed by atoms with Crippen LogP contribution in [0.4, 0.5) is 0 Å². The van der Waals surface area contributed by atoms with Crippen molar-refractivity contribution in [1.29, 1.82) is 0 Å². The summed E-state index contributed by atoms with van der Waals surface area (Å²) in [5, 5.41) is 0. The number of amides is 1. The molecule has 2 atom stereocenters. The molecule has 1 amide bonds. The summed E-state index contributed by atoms with van der Waals surface area (Å²) in [5.41, 5.74) is 1.02. The fourth-order valence-corrected chi connectivity index (χ4v) is 5.25. The van der Waals surface area contributed by atoms with Gasteiger partial charge in [0.05, 0.1) is 11.5 Å². The SMILES string of the molecule is CCN(C(=O)CC(C)c1ccc2c(c1)OCCO2)C1CCS(=O)(=O)C1. The zero-order valence-electron chi connectivity index (χ0n) is 14.7. The maximum absolute atomic E-state index is 12.7. The summed E-state index contributed by atoms with van der Waals surface area (Å²) < 4.78 is 34.5. The number of nitrogens with zero attached hydrogens (tertiary/aromatic N) is 1. The molecule has 0 N–H and O–H groups in total. The van der Waals surface area contributed by atoms with Crippen LogP contribution in [0.25, 0.3) is 0 Å². The second-order valence-corrected chi connectivity index (χ2v) is 8.97. The zero-order valence-corrected chi connectivity index (χ0v) is 15.5. The van der Waals surface area contributed by atoms with Crippen molar-refractivity contribution in [2.45, 2.75) is 38.6 Å². The lowest BCUT2D eigenvalue weighted by molar-refractivity contribution is -0.133. The van der Waals surface area contributed by atoms with Gasteiger partial charge >= 0.3 is 0 Å². The van der Waals surface area contributed by atoms with Crippen LogP contribution in [0.1, 0.15) is 38.2 Å². The molecule has 7 heteroatoms. The summed E-state index contributed by atoms with van der Waals surface area (Å²) in [6.45, 7) is 5.52. The van der Waals surface area contributed by atoms with Crippen LogP contribution in [-0.4, -0.2) is 56.5 Å². The van der Waals surface area contributed by atoms with E-state index in [1.807, 2.05) is 32.0 Å². The first kappa shape index (κ1) is 18.0. The number of carbonyl (C=O) groups is 1. The molecule has 0 aliphatic carbocycles. The summed E-state index contributed by atoms with van der Waals surface area (Å²) in [5.74, 6) is 1.75. The van der Waals surface area contributed by atoms with Gasteiger partial charge in [-0.2, -0.15) is 0 Å². The van der Waals surface area contributed by atoms with E-state index in [0.29, 0.717) is 32.6 Å². The van der Waals surface area contributed by atoms with Gasteiger partial charge in [0.1, 0.15) is 13.2 Å². The molecule has 0 spiro atoms. The number of carbonyl (C=O) groups excluding carboxylic acids is 1. The van der Waals surface area contributed by atoms with E-state index >= 15 is 0 Å². The van der Waals surface area contributed by atoms with Crippen molar-refractivity contribution in [3.8, 4) is 11.5 Å². The summed E-state index contributed by atoms with van der Waals surface area (Å²) in [7, 11) is -3.00. The van der Waals surface area contributed by atoms with Crippen molar-refractivity contribution in [2.24, 2.45) is 0 Å². The lowest BCUT2D eigenvalue weighted by Gasteiger charge is -2.28. The second kappa shape index (κ2) is 7.23. The van der Waals surface area contributed by atoms with Crippen molar-refractivity contribution in [2.75, 3.05) is 31.3 Å². The molecular weight excluding hydrogens is 342 g/mol. The number of benzene rings is 1. The highest BCUT2D eigenvalue weighted by molar-refractivity contribution is 7.91. The molecule has 2 heterocycles. The van der Waals surface area contributed by atoms with Gasteiger partial charge in [-0.25, -0.2) is 8.42 Å². The van der Waals surface area contributed by atoms with E-state index < -0.39 is 9.84 Å². The predicted molar refractivity (Wildman–Crippen MR) is 94.9 cm³/mol. The number of hydrogen-bond donors (Lipinski definition) is 0. The predicted octanol–water partition coefficient (Wildman–Crippen LogP) is 1.99. The van der Waals surface area contributed by atoms with E-state index in [1.165, 1.54) is 0 Å². The van der Waals surface area contributed by atoms with Crippen LogP contribution in [0, 0.1) is 0 Å². The number of hydrogen-bond acceptors (Lipinski definition) is 5. The number of ether oxygens (including phenoxy) is 2.